The zero-order valence-corrected chi connectivity index (χ0v) is 10.3. The molecular weight excluding hydrogens is 214 g/mol. The Balaban J connectivity index is 2.17. The lowest BCUT2D eigenvalue weighted by Crippen LogP contribution is -1.99. The summed E-state index contributed by atoms with van der Waals surface area (Å²) in [6, 6.07) is 4.26. The van der Waals surface area contributed by atoms with Crippen LogP contribution in [-0.4, -0.2) is 4.98 Å². The summed E-state index contributed by atoms with van der Waals surface area (Å²) in [5.74, 6) is 0. The Morgan fingerprint density at radius 3 is 2.69 bits per heavy atom. The summed E-state index contributed by atoms with van der Waals surface area (Å²) in [7, 11) is 0. The van der Waals surface area contributed by atoms with Crippen LogP contribution < -0.4 is 0 Å². The van der Waals surface area contributed by atoms with Crippen molar-refractivity contribution in [1.29, 1.82) is 0 Å². The first-order chi connectivity index (χ1) is 7.86. The summed E-state index contributed by atoms with van der Waals surface area (Å²) in [6.45, 7) is 2.25. The maximum absolute atomic E-state index is 4.10. The van der Waals surface area contributed by atoms with Gasteiger partial charge in [0.15, 0.2) is 0 Å². The predicted molar refractivity (Wildman–Crippen MR) is 68.9 cm³/mol. The molecule has 0 aromatic carbocycles. The van der Waals surface area contributed by atoms with Crippen molar-refractivity contribution in [2.24, 2.45) is 0 Å². The first-order valence-electron chi connectivity index (χ1n) is 5.88. The average molecular weight is 229 g/mol. The number of hydrogen-bond acceptors (Lipinski definition) is 2. The lowest BCUT2D eigenvalue weighted by atomic mass is 9.92. The van der Waals surface area contributed by atoms with Crippen molar-refractivity contribution in [3.05, 3.63) is 39.8 Å². The fourth-order valence-corrected chi connectivity index (χ4v) is 3.89. The van der Waals surface area contributed by atoms with E-state index >= 15 is 0 Å². The number of aromatic nitrogens is 1. The van der Waals surface area contributed by atoms with Crippen LogP contribution in [0, 0.1) is 6.92 Å². The van der Waals surface area contributed by atoms with Gasteiger partial charge in [-0.15, -0.1) is 11.3 Å². The molecule has 16 heavy (non-hydrogen) atoms. The van der Waals surface area contributed by atoms with E-state index in [-0.39, 0.29) is 0 Å². The Hall–Kier alpha value is -1.15. The SMILES string of the molecule is Cc1sc2c(c1-c1ccncc1)CCCC2. The minimum Gasteiger partial charge on any atom is -0.265 e. The van der Waals surface area contributed by atoms with Gasteiger partial charge in [-0.05, 0) is 61.4 Å². The molecule has 0 bridgehead atoms. The van der Waals surface area contributed by atoms with E-state index in [9.17, 15) is 0 Å². The van der Waals surface area contributed by atoms with Gasteiger partial charge >= 0.3 is 0 Å². The number of pyridine rings is 1. The van der Waals surface area contributed by atoms with Crippen LogP contribution in [0.1, 0.15) is 28.2 Å². The fourth-order valence-electron chi connectivity index (χ4n) is 2.60. The van der Waals surface area contributed by atoms with Crippen LogP contribution in [0.3, 0.4) is 0 Å². The molecule has 0 N–H and O–H groups in total. The molecule has 82 valence electrons. The number of rotatable bonds is 1. The molecule has 2 heteroatoms. The lowest BCUT2D eigenvalue weighted by Gasteiger charge is -2.12. The number of aryl methyl sites for hydroxylation is 2. The number of thiophene rings is 1. The van der Waals surface area contributed by atoms with Gasteiger partial charge in [-0.1, -0.05) is 0 Å². The van der Waals surface area contributed by atoms with Gasteiger partial charge in [-0.3, -0.25) is 4.98 Å². The Labute approximate surface area is 100 Å². The third kappa shape index (κ3) is 1.57. The molecule has 0 radical (unpaired) electrons. The van der Waals surface area contributed by atoms with Gasteiger partial charge in [0.1, 0.15) is 0 Å². The summed E-state index contributed by atoms with van der Waals surface area (Å²) in [5.41, 5.74) is 4.44. The second-order valence-corrected chi connectivity index (χ2v) is 5.69. The van der Waals surface area contributed by atoms with Crippen LogP contribution in [0.25, 0.3) is 11.1 Å². The van der Waals surface area contributed by atoms with Gasteiger partial charge in [0.25, 0.3) is 0 Å². The van der Waals surface area contributed by atoms with E-state index in [1.165, 1.54) is 41.7 Å². The molecule has 3 rings (SSSR count). The highest BCUT2D eigenvalue weighted by atomic mass is 32.1. The summed E-state index contributed by atoms with van der Waals surface area (Å²) in [4.78, 5) is 7.19. The lowest BCUT2D eigenvalue weighted by molar-refractivity contribution is 0.698. The highest BCUT2D eigenvalue weighted by Gasteiger charge is 2.19. The molecule has 0 saturated carbocycles. The summed E-state index contributed by atoms with van der Waals surface area (Å²) in [6.07, 6.45) is 9.04. The van der Waals surface area contributed by atoms with E-state index in [1.807, 2.05) is 23.7 Å². The average Bonchev–Trinajstić information content (AvgIpc) is 2.66. The Morgan fingerprint density at radius 2 is 1.88 bits per heavy atom. The maximum atomic E-state index is 4.10. The normalized spacial score (nSPS) is 14.8. The van der Waals surface area contributed by atoms with Crippen molar-refractivity contribution in [3.8, 4) is 11.1 Å². The molecule has 1 aliphatic rings. The van der Waals surface area contributed by atoms with Crippen molar-refractivity contribution in [2.45, 2.75) is 32.6 Å². The first-order valence-corrected chi connectivity index (χ1v) is 6.69. The minimum atomic E-state index is 1.26. The van der Waals surface area contributed by atoms with Crippen LogP contribution >= 0.6 is 11.3 Å². The van der Waals surface area contributed by atoms with E-state index in [4.69, 9.17) is 0 Å². The summed E-state index contributed by atoms with van der Waals surface area (Å²) in [5, 5.41) is 0. The third-order valence-electron chi connectivity index (χ3n) is 3.32. The molecule has 0 fully saturated rings. The molecule has 0 saturated heterocycles. The molecule has 2 aromatic rings. The smallest absolute Gasteiger partial charge is 0.0273 e. The molecule has 0 unspecified atom stereocenters. The molecule has 2 aromatic heterocycles. The monoisotopic (exact) mass is 229 g/mol. The quantitative estimate of drug-likeness (QED) is 0.720. The molecule has 2 heterocycles. The Kier molecular flexibility index (Phi) is 2.52. The molecular formula is C14H15NS. The van der Waals surface area contributed by atoms with Crippen molar-refractivity contribution < 1.29 is 0 Å². The van der Waals surface area contributed by atoms with E-state index in [2.05, 4.69) is 24.0 Å². The van der Waals surface area contributed by atoms with E-state index in [0.29, 0.717) is 0 Å². The first kappa shape index (κ1) is 10.0. The van der Waals surface area contributed by atoms with Crippen molar-refractivity contribution in [2.75, 3.05) is 0 Å². The molecule has 1 nitrogen and oxygen atoms in total. The standard InChI is InChI=1S/C14H15NS/c1-10-14(11-6-8-15-9-7-11)12-4-2-3-5-13(12)16-10/h6-9H,2-5H2,1H3. The van der Waals surface area contributed by atoms with Crippen molar-refractivity contribution in [3.63, 3.8) is 0 Å². The van der Waals surface area contributed by atoms with Crippen LogP contribution in [0.15, 0.2) is 24.5 Å². The van der Waals surface area contributed by atoms with Gasteiger partial charge in [0, 0.05) is 22.1 Å². The zero-order valence-electron chi connectivity index (χ0n) is 9.49. The second kappa shape index (κ2) is 4.02. The zero-order chi connectivity index (χ0) is 11.0. The van der Waals surface area contributed by atoms with Gasteiger partial charge in [-0.2, -0.15) is 0 Å². The second-order valence-electron chi connectivity index (χ2n) is 4.38. The highest BCUT2D eigenvalue weighted by molar-refractivity contribution is 7.12. The van der Waals surface area contributed by atoms with E-state index in [1.54, 1.807) is 10.4 Å². The fraction of sp³-hybridized carbons (Fsp3) is 0.357. The molecule has 0 aliphatic heterocycles. The third-order valence-corrected chi connectivity index (χ3v) is 4.52. The maximum Gasteiger partial charge on any atom is 0.0273 e. The van der Waals surface area contributed by atoms with Crippen molar-refractivity contribution >= 4 is 11.3 Å². The van der Waals surface area contributed by atoms with Crippen LogP contribution in [-0.2, 0) is 12.8 Å². The van der Waals surface area contributed by atoms with Crippen LogP contribution in [0.5, 0.6) is 0 Å². The van der Waals surface area contributed by atoms with Gasteiger partial charge in [0.05, 0.1) is 0 Å². The largest absolute Gasteiger partial charge is 0.265 e. The molecule has 0 amide bonds. The van der Waals surface area contributed by atoms with Crippen LogP contribution in [0.4, 0.5) is 0 Å². The number of hydrogen-bond donors (Lipinski definition) is 0. The van der Waals surface area contributed by atoms with Crippen molar-refractivity contribution in [1.82, 2.24) is 4.98 Å². The molecule has 0 spiro atoms. The Morgan fingerprint density at radius 1 is 1.12 bits per heavy atom. The summed E-state index contributed by atoms with van der Waals surface area (Å²) < 4.78 is 0. The summed E-state index contributed by atoms with van der Waals surface area (Å²) >= 11 is 1.99. The molecule has 1 aliphatic carbocycles. The minimum absolute atomic E-state index is 1.26. The highest BCUT2D eigenvalue weighted by Crippen LogP contribution is 2.39. The molecule has 0 atom stereocenters. The van der Waals surface area contributed by atoms with Gasteiger partial charge in [-0.25, -0.2) is 0 Å². The number of fused-ring (bicyclic) bond motifs is 1. The van der Waals surface area contributed by atoms with E-state index in [0.717, 1.165) is 0 Å². The number of nitrogens with zero attached hydrogens (tertiary/aromatic N) is 1. The predicted octanol–water partition coefficient (Wildman–Crippen LogP) is 4.00. The topological polar surface area (TPSA) is 12.9 Å². The van der Waals surface area contributed by atoms with E-state index < -0.39 is 0 Å². The van der Waals surface area contributed by atoms with Gasteiger partial charge < -0.3 is 0 Å². The van der Waals surface area contributed by atoms with Crippen LogP contribution in [0.2, 0.25) is 0 Å². The Bertz CT molecular complexity index is 499. The van der Waals surface area contributed by atoms with Gasteiger partial charge in [0.2, 0.25) is 0 Å².